The highest BCUT2D eigenvalue weighted by atomic mass is 16.6. The summed E-state index contributed by atoms with van der Waals surface area (Å²) >= 11 is 0. The van der Waals surface area contributed by atoms with E-state index in [0.717, 1.165) is 5.56 Å². The number of aliphatic hydroxyl groups is 1. The predicted octanol–water partition coefficient (Wildman–Crippen LogP) is 0.862. The second-order valence-electron chi connectivity index (χ2n) is 3.73. The Bertz CT molecular complexity index is 395. The Morgan fingerprint density at radius 1 is 1.59 bits per heavy atom. The number of hydrogen-bond donors (Lipinski definition) is 2. The number of nitrogens with zero attached hydrogens (tertiary/aromatic N) is 1. The van der Waals surface area contributed by atoms with Crippen LogP contribution in [-0.4, -0.2) is 36.3 Å². The fourth-order valence-corrected chi connectivity index (χ4v) is 1.34. The van der Waals surface area contributed by atoms with Crippen LogP contribution in [-0.2, 0) is 0 Å². The van der Waals surface area contributed by atoms with Gasteiger partial charge in [0.2, 0.25) is 0 Å². The van der Waals surface area contributed by atoms with E-state index in [9.17, 15) is 15.2 Å². The van der Waals surface area contributed by atoms with Crippen molar-refractivity contribution in [3.63, 3.8) is 0 Å². The van der Waals surface area contributed by atoms with Crippen LogP contribution in [0.5, 0.6) is 5.75 Å². The van der Waals surface area contributed by atoms with Crippen molar-refractivity contribution in [2.24, 2.45) is 0 Å². The van der Waals surface area contributed by atoms with Crippen LogP contribution in [0.2, 0.25) is 0 Å². The highest BCUT2D eigenvalue weighted by molar-refractivity contribution is 5.43. The van der Waals surface area contributed by atoms with Crippen molar-refractivity contribution in [2.75, 3.05) is 20.2 Å². The molecule has 0 heterocycles. The van der Waals surface area contributed by atoms with Crippen LogP contribution >= 0.6 is 0 Å². The molecular formula is C11H16N2O4. The van der Waals surface area contributed by atoms with E-state index in [1.165, 1.54) is 12.1 Å². The first-order valence-electron chi connectivity index (χ1n) is 5.25. The maximum atomic E-state index is 10.6. The molecule has 6 heteroatoms. The summed E-state index contributed by atoms with van der Waals surface area (Å²) in [5.41, 5.74) is 0.779. The molecule has 94 valence electrons. The Labute approximate surface area is 99.4 Å². The molecule has 1 unspecified atom stereocenters. The van der Waals surface area contributed by atoms with Gasteiger partial charge in [-0.2, -0.15) is 0 Å². The first-order chi connectivity index (χ1) is 8.04. The minimum atomic E-state index is -0.640. The third-order valence-corrected chi connectivity index (χ3v) is 2.25. The molecule has 2 N–H and O–H groups in total. The Hall–Kier alpha value is -1.66. The van der Waals surface area contributed by atoms with Crippen LogP contribution in [0.25, 0.3) is 0 Å². The number of benzene rings is 1. The van der Waals surface area contributed by atoms with E-state index in [4.69, 9.17) is 4.74 Å². The first kappa shape index (κ1) is 13.4. The van der Waals surface area contributed by atoms with Gasteiger partial charge in [0, 0.05) is 12.6 Å². The summed E-state index contributed by atoms with van der Waals surface area (Å²) in [5, 5.41) is 22.9. The molecule has 0 saturated carbocycles. The lowest BCUT2D eigenvalue weighted by molar-refractivity contribution is -0.385. The Morgan fingerprint density at radius 2 is 2.29 bits per heavy atom. The summed E-state index contributed by atoms with van der Waals surface area (Å²) in [5.74, 6) is 0.425. The summed E-state index contributed by atoms with van der Waals surface area (Å²) in [7, 11) is 1.72. The van der Waals surface area contributed by atoms with Gasteiger partial charge in [-0.25, -0.2) is 0 Å². The Balaban J connectivity index is 2.69. The lowest BCUT2D eigenvalue weighted by Gasteiger charge is -2.13. The third kappa shape index (κ3) is 4.01. The van der Waals surface area contributed by atoms with Crippen molar-refractivity contribution in [1.29, 1.82) is 0 Å². The second-order valence-corrected chi connectivity index (χ2v) is 3.73. The second kappa shape index (κ2) is 6.17. The number of nitro groups is 1. The molecule has 0 saturated heterocycles. The normalized spacial score (nSPS) is 12.2. The lowest BCUT2D eigenvalue weighted by Crippen LogP contribution is -2.29. The van der Waals surface area contributed by atoms with Crippen molar-refractivity contribution >= 4 is 5.69 Å². The number of ether oxygens (including phenoxy) is 1. The van der Waals surface area contributed by atoms with Gasteiger partial charge in [-0.15, -0.1) is 0 Å². The third-order valence-electron chi connectivity index (χ3n) is 2.25. The number of nitro benzene ring substituents is 1. The predicted molar refractivity (Wildman–Crippen MR) is 63.3 cm³/mol. The highest BCUT2D eigenvalue weighted by Gasteiger charge is 2.11. The van der Waals surface area contributed by atoms with Gasteiger partial charge in [0.25, 0.3) is 5.69 Å². The summed E-state index contributed by atoms with van der Waals surface area (Å²) < 4.78 is 5.35. The zero-order valence-corrected chi connectivity index (χ0v) is 9.84. The van der Waals surface area contributed by atoms with Crippen LogP contribution in [0.1, 0.15) is 5.56 Å². The van der Waals surface area contributed by atoms with E-state index in [1.54, 1.807) is 20.0 Å². The molecule has 0 fully saturated rings. The van der Waals surface area contributed by atoms with Crippen molar-refractivity contribution < 1.29 is 14.8 Å². The van der Waals surface area contributed by atoms with E-state index in [2.05, 4.69) is 5.32 Å². The molecule has 1 atom stereocenters. The molecular weight excluding hydrogens is 224 g/mol. The topological polar surface area (TPSA) is 84.6 Å². The van der Waals surface area contributed by atoms with Gasteiger partial charge in [-0.05, 0) is 25.6 Å². The number of rotatable bonds is 6. The summed E-state index contributed by atoms with van der Waals surface area (Å²) in [6.07, 6.45) is -0.640. The van der Waals surface area contributed by atoms with E-state index < -0.39 is 11.0 Å². The quantitative estimate of drug-likeness (QED) is 0.569. The number of nitrogens with one attached hydrogen (secondary N) is 1. The molecule has 0 bridgehead atoms. The molecule has 1 aromatic carbocycles. The van der Waals surface area contributed by atoms with Gasteiger partial charge >= 0.3 is 0 Å². The van der Waals surface area contributed by atoms with Crippen LogP contribution in [0.15, 0.2) is 18.2 Å². The summed E-state index contributed by atoms with van der Waals surface area (Å²) in [6.45, 7) is 2.31. The van der Waals surface area contributed by atoms with Crippen molar-refractivity contribution in [1.82, 2.24) is 5.32 Å². The molecule has 6 nitrogen and oxygen atoms in total. The van der Waals surface area contributed by atoms with E-state index in [0.29, 0.717) is 12.3 Å². The minimum absolute atomic E-state index is 0.0197. The fraction of sp³-hybridized carbons (Fsp3) is 0.455. The number of non-ortho nitro benzene ring substituents is 1. The molecule has 0 spiro atoms. The van der Waals surface area contributed by atoms with Crippen LogP contribution in [0.4, 0.5) is 5.69 Å². The van der Waals surface area contributed by atoms with Crippen molar-refractivity contribution in [3.05, 3.63) is 33.9 Å². The summed E-state index contributed by atoms with van der Waals surface area (Å²) in [6, 6.07) is 4.41. The molecule has 1 aromatic rings. The van der Waals surface area contributed by atoms with Gasteiger partial charge in [0.1, 0.15) is 18.5 Å². The van der Waals surface area contributed by atoms with Gasteiger partial charge < -0.3 is 15.2 Å². The Morgan fingerprint density at radius 3 is 2.88 bits per heavy atom. The Kier molecular flexibility index (Phi) is 4.86. The lowest BCUT2D eigenvalue weighted by atomic mass is 10.2. The fourth-order valence-electron chi connectivity index (χ4n) is 1.34. The number of aryl methyl sites for hydroxylation is 1. The molecule has 0 aliphatic heterocycles. The van der Waals surface area contributed by atoms with E-state index in [1.807, 2.05) is 0 Å². The average Bonchev–Trinajstić information content (AvgIpc) is 2.28. The average molecular weight is 240 g/mol. The largest absolute Gasteiger partial charge is 0.490 e. The van der Waals surface area contributed by atoms with Crippen LogP contribution < -0.4 is 10.1 Å². The van der Waals surface area contributed by atoms with Gasteiger partial charge in [0.05, 0.1) is 11.0 Å². The number of hydrogen-bond acceptors (Lipinski definition) is 5. The van der Waals surface area contributed by atoms with Crippen LogP contribution in [0, 0.1) is 17.0 Å². The number of likely N-dealkylation sites (N-methyl/N-ethyl adjacent to an activating group) is 1. The van der Waals surface area contributed by atoms with Gasteiger partial charge in [0.15, 0.2) is 0 Å². The monoisotopic (exact) mass is 240 g/mol. The molecule has 17 heavy (non-hydrogen) atoms. The highest BCUT2D eigenvalue weighted by Crippen LogP contribution is 2.23. The van der Waals surface area contributed by atoms with E-state index in [-0.39, 0.29) is 12.3 Å². The SMILES string of the molecule is CNCC(O)COc1cc([N+](=O)[O-])ccc1C. The molecule has 0 amide bonds. The summed E-state index contributed by atoms with van der Waals surface area (Å²) in [4.78, 5) is 10.1. The molecule has 0 aromatic heterocycles. The first-order valence-corrected chi connectivity index (χ1v) is 5.25. The maximum Gasteiger partial charge on any atom is 0.273 e. The zero-order valence-electron chi connectivity index (χ0n) is 9.84. The molecule has 0 aliphatic rings. The molecule has 0 radical (unpaired) electrons. The zero-order chi connectivity index (χ0) is 12.8. The van der Waals surface area contributed by atoms with E-state index >= 15 is 0 Å². The smallest absolute Gasteiger partial charge is 0.273 e. The van der Waals surface area contributed by atoms with Crippen LogP contribution in [0.3, 0.4) is 0 Å². The minimum Gasteiger partial charge on any atom is -0.490 e. The molecule has 1 rings (SSSR count). The maximum absolute atomic E-state index is 10.6. The van der Waals surface area contributed by atoms with Gasteiger partial charge in [-0.1, -0.05) is 0 Å². The van der Waals surface area contributed by atoms with Crippen molar-refractivity contribution in [2.45, 2.75) is 13.0 Å². The van der Waals surface area contributed by atoms with Crippen molar-refractivity contribution in [3.8, 4) is 5.75 Å². The number of aliphatic hydroxyl groups excluding tert-OH is 1. The molecule has 0 aliphatic carbocycles. The standard InChI is InChI=1S/C11H16N2O4/c1-8-3-4-9(13(15)16)5-11(8)17-7-10(14)6-12-2/h3-5,10,12,14H,6-7H2,1-2H3. The van der Waals surface area contributed by atoms with Gasteiger partial charge in [-0.3, -0.25) is 10.1 Å².